The molecule has 0 radical (unpaired) electrons. The SMILES string of the molecule is O=C(CCCCl)NCCOc1cccc(Br)c1. The number of halogens is 2. The van der Waals surface area contributed by atoms with Gasteiger partial charge >= 0.3 is 0 Å². The van der Waals surface area contributed by atoms with Crippen LogP contribution in [-0.4, -0.2) is 24.9 Å². The summed E-state index contributed by atoms with van der Waals surface area (Å²) in [5.41, 5.74) is 0. The molecule has 0 bridgehead atoms. The minimum atomic E-state index is 0.0171. The zero-order valence-corrected chi connectivity index (χ0v) is 11.8. The van der Waals surface area contributed by atoms with E-state index in [4.69, 9.17) is 16.3 Å². The van der Waals surface area contributed by atoms with Gasteiger partial charge in [-0.3, -0.25) is 4.79 Å². The van der Waals surface area contributed by atoms with Crippen LogP contribution >= 0.6 is 27.5 Å². The van der Waals surface area contributed by atoms with Gasteiger partial charge in [-0.25, -0.2) is 0 Å². The van der Waals surface area contributed by atoms with Gasteiger partial charge in [0.25, 0.3) is 0 Å². The smallest absolute Gasteiger partial charge is 0.220 e. The molecule has 0 aliphatic carbocycles. The van der Waals surface area contributed by atoms with Crippen molar-refractivity contribution in [2.45, 2.75) is 12.8 Å². The highest BCUT2D eigenvalue weighted by molar-refractivity contribution is 9.10. The molecule has 0 heterocycles. The van der Waals surface area contributed by atoms with Gasteiger partial charge in [0.15, 0.2) is 0 Å². The Morgan fingerprint density at radius 1 is 1.47 bits per heavy atom. The van der Waals surface area contributed by atoms with E-state index in [9.17, 15) is 4.79 Å². The van der Waals surface area contributed by atoms with Crippen molar-refractivity contribution < 1.29 is 9.53 Å². The standard InChI is InChI=1S/C12H15BrClNO2/c13-10-3-1-4-11(9-10)17-8-7-15-12(16)5-2-6-14/h1,3-4,9H,2,5-8H2,(H,15,16). The molecule has 0 saturated carbocycles. The lowest BCUT2D eigenvalue weighted by molar-refractivity contribution is -0.121. The Hall–Kier alpha value is -0.740. The molecular formula is C12H15BrClNO2. The summed E-state index contributed by atoms with van der Waals surface area (Å²) in [6, 6.07) is 7.59. The second-order valence-corrected chi connectivity index (χ2v) is 4.74. The summed E-state index contributed by atoms with van der Waals surface area (Å²) in [5, 5.41) is 2.77. The zero-order valence-electron chi connectivity index (χ0n) is 9.42. The maximum atomic E-state index is 11.2. The first-order chi connectivity index (χ1) is 8.22. The monoisotopic (exact) mass is 319 g/mol. The molecule has 0 unspecified atom stereocenters. The molecule has 1 amide bonds. The van der Waals surface area contributed by atoms with E-state index in [1.807, 2.05) is 24.3 Å². The van der Waals surface area contributed by atoms with Crippen LogP contribution in [0.15, 0.2) is 28.7 Å². The van der Waals surface area contributed by atoms with Gasteiger partial charge in [-0.15, -0.1) is 11.6 Å². The van der Waals surface area contributed by atoms with Crippen LogP contribution in [0.1, 0.15) is 12.8 Å². The molecule has 1 aromatic carbocycles. The van der Waals surface area contributed by atoms with Crippen LogP contribution in [-0.2, 0) is 4.79 Å². The van der Waals surface area contributed by atoms with Crippen molar-refractivity contribution in [3.63, 3.8) is 0 Å². The Morgan fingerprint density at radius 2 is 2.29 bits per heavy atom. The van der Waals surface area contributed by atoms with Crippen molar-refractivity contribution in [3.8, 4) is 5.75 Å². The predicted octanol–water partition coefficient (Wildman–Crippen LogP) is 2.96. The molecule has 1 aromatic rings. The lowest BCUT2D eigenvalue weighted by atomic mass is 10.3. The molecule has 0 fully saturated rings. The molecule has 1 rings (SSSR count). The van der Waals surface area contributed by atoms with Gasteiger partial charge in [0.2, 0.25) is 5.91 Å². The number of carbonyl (C=O) groups excluding carboxylic acids is 1. The maximum absolute atomic E-state index is 11.2. The third-order valence-corrected chi connectivity index (χ3v) is 2.79. The molecule has 17 heavy (non-hydrogen) atoms. The van der Waals surface area contributed by atoms with E-state index in [2.05, 4.69) is 21.2 Å². The fraction of sp³-hybridized carbons (Fsp3) is 0.417. The largest absolute Gasteiger partial charge is 0.492 e. The third-order valence-electron chi connectivity index (χ3n) is 2.03. The number of hydrogen-bond acceptors (Lipinski definition) is 2. The molecule has 0 spiro atoms. The molecule has 0 saturated heterocycles. The lowest BCUT2D eigenvalue weighted by Gasteiger charge is -2.07. The highest BCUT2D eigenvalue weighted by Gasteiger charge is 2.00. The number of nitrogens with one attached hydrogen (secondary N) is 1. The van der Waals surface area contributed by atoms with E-state index >= 15 is 0 Å². The van der Waals surface area contributed by atoms with Crippen molar-refractivity contribution in [2.24, 2.45) is 0 Å². The van der Waals surface area contributed by atoms with Crippen LogP contribution in [0.3, 0.4) is 0 Å². The van der Waals surface area contributed by atoms with Crippen molar-refractivity contribution in [3.05, 3.63) is 28.7 Å². The Morgan fingerprint density at radius 3 is 3.00 bits per heavy atom. The lowest BCUT2D eigenvalue weighted by Crippen LogP contribution is -2.27. The van der Waals surface area contributed by atoms with Crippen molar-refractivity contribution in [1.29, 1.82) is 0 Å². The summed E-state index contributed by atoms with van der Waals surface area (Å²) < 4.78 is 6.44. The minimum absolute atomic E-state index is 0.0171. The highest BCUT2D eigenvalue weighted by Crippen LogP contribution is 2.17. The summed E-state index contributed by atoms with van der Waals surface area (Å²) in [6.45, 7) is 0.969. The van der Waals surface area contributed by atoms with Gasteiger partial charge in [0.1, 0.15) is 12.4 Å². The number of carbonyl (C=O) groups is 1. The Bertz CT molecular complexity index is 360. The molecule has 0 atom stereocenters. The Balaban J connectivity index is 2.14. The van der Waals surface area contributed by atoms with Crippen molar-refractivity contribution >= 4 is 33.4 Å². The molecule has 5 heteroatoms. The summed E-state index contributed by atoms with van der Waals surface area (Å²) >= 11 is 8.85. The highest BCUT2D eigenvalue weighted by atomic mass is 79.9. The third kappa shape index (κ3) is 6.54. The topological polar surface area (TPSA) is 38.3 Å². The van der Waals surface area contributed by atoms with Gasteiger partial charge in [0.05, 0.1) is 6.54 Å². The van der Waals surface area contributed by atoms with E-state index in [-0.39, 0.29) is 5.91 Å². The first-order valence-corrected chi connectivity index (χ1v) is 6.76. The number of benzene rings is 1. The van der Waals surface area contributed by atoms with Crippen LogP contribution in [0, 0.1) is 0 Å². The van der Waals surface area contributed by atoms with Gasteiger partial charge in [0, 0.05) is 16.8 Å². The first kappa shape index (κ1) is 14.3. The second kappa shape index (κ2) is 8.37. The van der Waals surface area contributed by atoms with Gasteiger partial charge < -0.3 is 10.1 Å². The van der Waals surface area contributed by atoms with Crippen LogP contribution in [0.2, 0.25) is 0 Å². The first-order valence-electron chi connectivity index (χ1n) is 5.43. The minimum Gasteiger partial charge on any atom is -0.492 e. The van der Waals surface area contributed by atoms with Crippen LogP contribution in [0.25, 0.3) is 0 Å². The van der Waals surface area contributed by atoms with E-state index in [0.717, 1.165) is 10.2 Å². The molecule has 3 nitrogen and oxygen atoms in total. The number of rotatable bonds is 7. The molecule has 1 N–H and O–H groups in total. The van der Waals surface area contributed by atoms with Crippen molar-refractivity contribution in [1.82, 2.24) is 5.32 Å². The summed E-state index contributed by atoms with van der Waals surface area (Å²) in [6.07, 6.45) is 1.18. The molecule has 0 aliphatic heterocycles. The van der Waals surface area contributed by atoms with Gasteiger partial charge in [-0.05, 0) is 24.6 Å². The predicted molar refractivity (Wildman–Crippen MR) is 72.6 cm³/mol. The number of alkyl halides is 1. The summed E-state index contributed by atoms with van der Waals surface area (Å²) in [7, 11) is 0. The van der Waals surface area contributed by atoms with E-state index < -0.39 is 0 Å². The second-order valence-electron chi connectivity index (χ2n) is 3.45. The maximum Gasteiger partial charge on any atom is 0.220 e. The molecule has 94 valence electrons. The quantitative estimate of drug-likeness (QED) is 0.619. The number of ether oxygens (including phenoxy) is 1. The number of amides is 1. The summed E-state index contributed by atoms with van der Waals surface area (Å²) in [5.74, 6) is 1.32. The Labute approximate surface area is 115 Å². The average molecular weight is 321 g/mol. The molecular weight excluding hydrogens is 305 g/mol. The van der Waals surface area contributed by atoms with Crippen LogP contribution < -0.4 is 10.1 Å². The van der Waals surface area contributed by atoms with Gasteiger partial charge in [-0.1, -0.05) is 22.0 Å². The van der Waals surface area contributed by atoms with Gasteiger partial charge in [-0.2, -0.15) is 0 Å². The fourth-order valence-electron chi connectivity index (χ4n) is 1.23. The van der Waals surface area contributed by atoms with Crippen LogP contribution in [0.4, 0.5) is 0 Å². The van der Waals surface area contributed by atoms with E-state index in [1.54, 1.807) is 0 Å². The fourth-order valence-corrected chi connectivity index (χ4v) is 1.74. The Kier molecular flexibility index (Phi) is 7.05. The molecule has 0 aliphatic rings. The van der Waals surface area contributed by atoms with Crippen molar-refractivity contribution in [2.75, 3.05) is 19.0 Å². The number of hydrogen-bond donors (Lipinski definition) is 1. The van der Waals surface area contributed by atoms with Crippen LogP contribution in [0.5, 0.6) is 5.75 Å². The van der Waals surface area contributed by atoms with E-state index in [0.29, 0.717) is 31.9 Å². The molecule has 0 aromatic heterocycles. The zero-order chi connectivity index (χ0) is 12.5. The summed E-state index contributed by atoms with van der Waals surface area (Å²) in [4.78, 5) is 11.2. The average Bonchev–Trinajstić information content (AvgIpc) is 2.32. The normalized spacial score (nSPS) is 10.0. The van der Waals surface area contributed by atoms with E-state index in [1.165, 1.54) is 0 Å².